The highest BCUT2D eigenvalue weighted by atomic mass is 16.1. The minimum absolute atomic E-state index is 0.0187. The van der Waals surface area contributed by atoms with Crippen LogP contribution in [0, 0.1) is 0 Å². The summed E-state index contributed by atoms with van der Waals surface area (Å²) in [6, 6.07) is 6.01. The highest BCUT2D eigenvalue weighted by molar-refractivity contribution is 5.94. The molecule has 2 N–H and O–H groups in total. The first-order valence-electron chi connectivity index (χ1n) is 6.42. The van der Waals surface area contributed by atoms with E-state index in [1.807, 2.05) is 26.2 Å². The van der Waals surface area contributed by atoms with Crippen molar-refractivity contribution in [1.29, 1.82) is 0 Å². The molecule has 1 aromatic carbocycles. The molecule has 1 aliphatic heterocycles. The topological polar surface area (TPSA) is 44.4 Å². The van der Waals surface area contributed by atoms with E-state index in [0.717, 1.165) is 31.6 Å². The van der Waals surface area contributed by atoms with Crippen molar-refractivity contribution in [1.82, 2.24) is 15.5 Å². The van der Waals surface area contributed by atoms with Crippen LogP contribution in [0.4, 0.5) is 0 Å². The van der Waals surface area contributed by atoms with Gasteiger partial charge >= 0.3 is 0 Å². The maximum Gasteiger partial charge on any atom is 0.251 e. The van der Waals surface area contributed by atoms with Gasteiger partial charge in [-0.2, -0.15) is 0 Å². The van der Waals surface area contributed by atoms with E-state index in [9.17, 15) is 4.79 Å². The van der Waals surface area contributed by atoms with Gasteiger partial charge in [-0.1, -0.05) is 6.07 Å². The van der Waals surface area contributed by atoms with Gasteiger partial charge in [-0.3, -0.25) is 4.79 Å². The Kier molecular flexibility index (Phi) is 4.33. The van der Waals surface area contributed by atoms with E-state index in [2.05, 4.69) is 21.6 Å². The number of hydrogen-bond acceptors (Lipinski definition) is 3. The van der Waals surface area contributed by atoms with Gasteiger partial charge in [-0.25, -0.2) is 0 Å². The predicted octanol–water partition coefficient (Wildman–Crippen LogP) is 0.624. The molecule has 1 heterocycles. The molecule has 18 heavy (non-hydrogen) atoms. The number of carbonyl (C=O) groups is 1. The van der Waals surface area contributed by atoms with Gasteiger partial charge in [0.2, 0.25) is 0 Å². The van der Waals surface area contributed by atoms with Gasteiger partial charge in [-0.05, 0) is 50.3 Å². The van der Waals surface area contributed by atoms with Crippen LogP contribution in [0.1, 0.15) is 21.5 Å². The van der Waals surface area contributed by atoms with Crippen LogP contribution in [0.3, 0.4) is 0 Å². The monoisotopic (exact) mass is 247 g/mol. The summed E-state index contributed by atoms with van der Waals surface area (Å²) < 4.78 is 0. The zero-order valence-electron chi connectivity index (χ0n) is 11.1. The van der Waals surface area contributed by atoms with E-state index < -0.39 is 0 Å². The highest BCUT2D eigenvalue weighted by Crippen LogP contribution is 2.15. The minimum Gasteiger partial charge on any atom is -0.351 e. The average Bonchev–Trinajstić information content (AvgIpc) is 2.37. The molecule has 0 atom stereocenters. The summed E-state index contributed by atoms with van der Waals surface area (Å²) >= 11 is 0. The summed E-state index contributed by atoms with van der Waals surface area (Å²) in [7, 11) is 3.99. The quantitative estimate of drug-likeness (QED) is 0.820. The largest absolute Gasteiger partial charge is 0.351 e. The molecule has 2 rings (SSSR count). The van der Waals surface area contributed by atoms with Crippen LogP contribution < -0.4 is 10.6 Å². The van der Waals surface area contributed by atoms with Gasteiger partial charge in [0.1, 0.15) is 0 Å². The van der Waals surface area contributed by atoms with Crippen LogP contribution >= 0.6 is 0 Å². The van der Waals surface area contributed by atoms with Gasteiger partial charge in [0.05, 0.1) is 0 Å². The Bertz CT molecular complexity index is 429. The molecular formula is C14H21N3O. The third-order valence-corrected chi connectivity index (χ3v) is 3.20. The van der Waals surface area contributed by atoms with Crippen LogP contribution in [-0.4, -0.2) is 44.5 Å². The van der Waals surface area contributed by atoms with Gasteiger partial charge in [0.25, 0.3) is 5.91 Å². The molecule has 0 bridgehead atoms. The van der Waals surface area contributed by atoms with Gasteiger partial charge in [-0.15, -0.1) is 0 Å². The van der Waals surface area contributed by atoms with Crippen molar-refractivity contribution in [3.8, 4) is 0 Å². The SMILES string of the molecule is CN(C)CCNC(=O)c1ccc2c(c1)CNCC2. The maximum atomic E-state index is 12.0. The van der Waals surface area contributed by atoms with Crippen molar-refractivity contribution in [2.24, 2.45) is 0 Å². The lowest BCUT2D eigenvalue weighted by Gasteiger charge is -2.18. The first-order chi connectivity index (χ1) is 8.66. The lowest BCUT2D eigenvalue weighted by Crippen LogP contribution is -2.31. The Hall–Kier alpha value is -1.39. The van der Waals surface area contributed by atoms with Gasteiger partial charge < -0.3 is 15.5 Å². The normalized spacial score (nSPS) is 14.4. The highest BCUT2D eigenvalue weighted by Gasteiger charge is 2.12. The first-order valence-corrected chi connectivity index (χ1v) is 6.42. The zero-order valence-corrected chi connectivity index (χ0v) is 11.1. The second-order valence-corrected chi connectivity index (χ2v) is 4.97. The lowest BCUT2D eigenvalue weighted by molar-refractivity contribution is 0.0951. The second-order valence-electron chi connectivity index (χ2n) is 4.97. The van der Waals surface area contributed by atoms with Crippen molar-refractivity contribution in [2.75, 3.05) is 33.7 Å². The van der Waals surface area contributed by atoms with E-state index in [-0.39, 0.29) is 5.91 Å². The number of fused-ring (bicyclic) bond motifs is 1. The van der Waals surface area contributed by atoms with Crippen LogP contribution in [0.2, 0.25) is 0 Å². The molecule has 1 aliphatic rings. The average molecular weight is 247 g/mol. The molecule has 1 aromatic rings. The number of amides is 1. The van der Waals surface area contributed by atoms with Crippen molar-refractivity contribution in [3.63, 3.8) is 0 Å². The van der Waals surface area contributed by atoms with E-state index >= 15 is 0 Å². The number of nitrogens with zero attached hydrogens (tertiary/aromatic N) is 1. The zero-order chi connectivity index (χ0) is 13.0. The van der Waals surface area contributed by atoms with Crippen molar-refractivity contribution < 1.29 is 4.79 Å². The number of nitrogens with one attached hydrogen (secondary N) is 2. The predicted molar refractivity (Wildman–Crippen MR) is 72.7 cm³/mol. The Morgan fingerprint density at radius 2 is 2.22 bits per heavy atom. The fraction of sp³-hybridized carbons (Fsp3) is 0.500. The third-order valence-electron chi connectivity index (χ3n) is 3.20. The Labute approximate surface area is 108 Å². The number of benzene rings is 1. The Morgan fingerprint density at radius 1 is 1.39 bits per heavy atom. The summed E-state index contributed by atoms with van der Waals surface area (Å²) in [5, 5.41) is 6.26. The molecule has 4 heteroatoms. The standard InChI is InChI=1S/C14H21N3O/c1-17(2)8-7-16-14(18)12-4-3-11-5-6-15-10-13(11)9-12/h3-4,9,15H,5-8,10H2,1-2H3,(H,16,18). The molecule has 4 nitrogen and oxygen atoms in total. The Morgan fingerprint density at radius 3 is 3.00 bits per heavy atom. The smallest absolute Gasteiger partial charge is 0.251 e. The molecule has 1 amide bonds. The van der Waals surface area contributed by atoms with E-state index in [0.29, 0.717) is 6.54 Å². The van der Waals surface area contributed by atoms with Crippen molar-refractivity contribution in [3.05, 3.63) is 34.9 Å². The molecule has 0 aromatic heterocycles. The molecule has 0 saturated heterocycles. The number of rotatable bonds is 4. The summed E-state index contributed by atoms with van der Waals surface area (Å²) in [6.07, 6.45) is 1.05. The van der Waals surface area contributed by atoms with Gasteiger partial charge in [0.15, 0.2) is 0 Å². The van der Waals surface area contributed by atoms with E-state index in [1.165, 1.54) is 11.1 Å². The number of likely N-dealkylation sites (N-methyl/N-ethyl adjacent to an activating group) is 1. The number of carbonyl (C=O) groups excluding carboxylic acids is 1. The summed E-state index contributed by atoms with van der Waals surface area (Å²) in [6.45, 7) is 3.44. The molecule has 0 unspecified atom stereocenters. The minimum atomic E-state index is 0.0187. The van der Waals surface area contributed by atoms with Crippen LogP contribution in [0.5, 0.6) is 0 Å². The van der Waals surface area contributed by atoms with Crippen LogP contribution in [-0.2, 0) is 13.0 Å². The molecule has 0 fully saturated rings. The van der Waals surface area contributed by atoms with E-state index in [1.54, 1.807) is 0 Å². The van der Waals surface area contributed by atoms with Crippen molar-refractivity contribution in [2.45, 2.75) is 13.0 Å². The molecular weight excluding hydrogens is 226 g/mol. The van der Waals surface area contributed by atoms with Crippen LogP contribution in [0.15, 0.2) is 18.2 Å². The first kappa shape index (κ1) is 13.1. The molecule has 0 radical (unpaired) electrons. The summed E-state index contributed by atoms with van der Waals surface area (Å²) in [5.74, 6) is 0.0187. The van der Waals surface area contributed by atoms with Crippen molar-refractivity contribution >= 4 is 5.91 Å². The Balaban J connectivity index is 1.98. The lowest BCUT2D eigenvalue weighted by atomic mass is 9.98. The van der Waals surface area contributed by atoms with Gasteiger partial charge in [0, 0.05) is 25.2 Å². The molecule has 0 spiro atoms. The molecule has 98 valence electrons. The second kappa shape index (κ2) is 5.98. The fourth-order valence-electron chi connectivity index (χ4n) is 2.12. The van der Waals surface area contributed by atoms with Crippen LogP contribution in [0.25, 0.3) is 0 Å². The number of hydrogen-bond donors (Lipinski definition) is 2. The fourth-order valence-corrected chi connectivity index (χ4v) is 2.12. The summed E-state index contributed by atoms with van der Waals surface area (Å²) in [4.78, 5) is 14.0. The molecule has 0 saturated carbocycles. The maximum absolute atomic E-state index is 12.0. The molecule has 0 aliphatic carbocycles. The summed E-state index contributed by atoms with van der Waals surface area (Å²) in [5.41, 5.74) is 3.37. The van der Waals surface area contributed by atoms with E-state index in [4.69, 9.17) is 0 Å². The third kappa shape index (κ3) is 3.31.